The van der Waals surface area contributed by atoms with Crippen molar-refractivity contribution < 1.29 is 42.5 Å². The Bertz CT molecular complexity index is 3080. The van der Waals surface area contributed by atoms with Gasteiger partial charge in [-0.25, -0.2) is 23.9 Å². The molecule has 0 spiro atoms. The molecule has 8 atom stereocenters. The van der Waals surface area contributed by atoms with E-state index >= 15 is 4.39 Å². The van der Waals surface area contributed by atoms with Gasteiger partial charge in [-0.2, -0.15) is 0 Å². The number of carbonyl (C=O) groups is 4. The van der Waals surface area contributed by atoms with Crippen LogP contribution in [0.3, 0.4) is 0 Å². The molecule has 1 saturated carbocycles. The van der Waals surface area contributed by atoms with Crippen molar-refractivity contribution in [1.82, 2.24) is 44.9 Å². The molecule has 2 aromatic carbocycles. The van der Waals surface area contributed by atoms with Gasteiger partial charge < -0.3 is 49.3 Å². The SMILES string of the molecule is COC(=O)NC(C(=O)N1CCC[C@H]1c1ncc(-c2cc(F)c3c(c2)OC(c2ccc(C4CC4)s2)n2c-3cc3cc(-c4cnc([C@@H]5CCCN5C(=O)[C@@H](NC(=O)OC)C(C)C)[nH]4)ccc32)[nH]1)C1C[C@@H](C)O[C@@H](C)C1. The van der Waals surface area contributed by atoms with E-state index in [4.69, 9.17) is 28.9 Å². The molecule has 1 aliphatic carbocycles. The topological polar surface area (TPSA) is 198 Å². The maximum Gasteiger partial charge on any atom is 0.407 e. The Hall–Kier alpha value is -6.73. The molecule has 3 unspecified atom stereocenters. The number of likely N-dealkylation sites (tertiary alicyclic amines) is 2. The van der Waals surface area contributed by atoms with Crippen molar-refractivity contribution in [2.24, 2.45) is 11.8 Å². The monoisotopic (exact) mass is 1020 g/mol. The molecule has 8 heterocycles. The minimum atomic E-state index is -0.796. The molecule has 5 aliphatic rings. The molecule has 3 saturated heterocycles. The lowest BCUT2D eigenvalue weighted by Gasteiger charge is -2.38. The molecule has 6 aromatic rings. The van der Waals surface area contributed by atoms with E-state index in [9.17, 15) is 19.2 Å². The fraction of sp³-hybridized carbons (Fsp3) is 0.481. The average molecular weight is 1020 g/mol. The van der Waals surface area contributed by atoms with Gasteiger partial charge in [-0.1, -0.05) is 19.9 Å². The average Bonchev–Trinajstić information content (AvgIpc) is 4.11. The van der Waals surface area contributed by atoms with Gasteiger partial charge in [0.2, 0.25) is 18.0 Å². The van der Waals surface area contributed by atoms with Crippen molar-refractivity contribution in [2.75, 3.05) is 27.3 Å². The normalized spacial score (nSPS) is 23.5. The highest BCUT2D eigenvalue weighted by Gasteiger charge is 2.43. The van der Waals surface area contributed by atoms with Gasteiger partial charge in [0.25, 0.3) is 0 Å². The van der Waals surface area contributed by atoms with Gasteiger partial charge >= 0.3 is 12.2 Å². The Balaban J connectivity index is 0.893. The third-order valence-corrected chi connectivity index (χ3v) is 16.6. The van der Waals surface area contributed by atoms with Crippen LogP contribution in [-0.4, -0.2) is 110 Å². The number of imidazole rings is 2. The van der Waals surface area contributed by atoms with E-state index in [-0.39, 0.29) is 47.9 Å². The highest BCUT2D eigenvalue weighted by molar-refractivity contribution is 7.12. The number of halogens is 1. The minimum Gasteiger partial charge on any atom is -0.464 e. The number of methoxy groups -OCH3 is 2. The van der Waals surface area contributed by atoms with Crippen molar-refractivity contribution in [3.05, 3.63) is 88.1 Å². The van der Waals surface area contributed by atoms with Crippen LogP contribution in [0.25, 0.3) is 44.7 Å². The highest BCUT2D eigenvalue weighted by atomic mass is 32.1. The van der Waals surface area contributed by atoms with Crippen molar-refractivity contribution in [1.29, 1.82) is 0 Å². The quantitative estimate of drug-likeness (QED) is 0.0916. The first-order chi connectivity index (χ1) is 35.3. The highest BCUT2D eigenvalue weighted by Crippen LogP contribution is 2.50. The number of thiophene rings is 1. The lowest BCUT2D eigenvalue weighted by molar-refractivity contribution is -0.138. The molecule has 19 heteroatoms. The number of carbonyl (C=O) groups excluding carboxylic acids is 4. The van der Waals surface area contributed by atoms with Gasteiger partial charge in [-0.15, -0.1) is 11.3 Å². The molecule has 384 valence electrons. The van der Waals surface area contributed by atoms with Crippen LogP contribution >= 0.6 is 11.3 Å². The first kappa shape index (κ1) is 48.5. The number of H-pyrrole nitrogens is 2. The number of aromatic nitrogens is 5. The maximum atomic E-state index is 17.1. The minimum absolute atomic E-state index is 0.0647. The fourth-order valence-corrected chi connectivity index (χ4v) is 12.9. The summed E-state index contributed by atoms with van der Waals surface area (Å²) in [7, 11) is 2.57. The van der Waals surface area contributed by atoms with E-state index in [1.165, 1.54) is 25.2 Å². The molecule has 73 heavy (non-hydrogen) atoms. The number of fused-ring (bicyclic) bond motifs is 5. The van der Waals surface area contributed by atoms with Crippen LogP contribution in [0.4, 0.5) is 14.0 Å². The molecule has 4 aromatic heterocycles. The number of benzene rings is 2. The molecule has 0 bridgehead atoms. The molecule has 4 N–H and O–H groups in total. The van der Waals surface area contributed by atoms with Gasteiger partial charge in [-0.3, -0.25) is 14.2 Å². The number of rotatable bonds is 12. The van der Waals surface area contributed by atoms with E-state index in [2.05, 4.69) is 43.4 Å². The second-order valence-corrected chi connectivity index (χ2v) is 21.8. The standard InChI is InChI=1S/C54H62FN9O8S/c1-27(2)46(60-53(67)69-5)50(65)62-17-7-9-39(62)48-56-25-36(58-48)31-13-14-38-33(21-31)23-41-45-35(55)22-32(24-42(45)72-52(64(38)41)44-16-15-43(73-44)30-11-12-30)37-26-57-49(59-37)40-10-8-18-63(40)51(66)47(61-54(68)70-6)34-19-28(3)71-29(4)20-34/h13-16,21-30,34,39-40,46-47,52H,7-12,17-20H2,1-6H3,(H,56,58)(H,57,59)(H,60,67)(H,61,68)/t28-,29+,34?,39-,40-,46-,47?,52?/m0/s1. The number of nitrogens with zero attached hydrogens (tertiary/aromatic N) is 5. The molecule has 17 nitrogen and oxygen atoms in total. The Morgan fingerprint density at radius 1 is 0.781 bits per heavy atom. The number of aromatic amines is 2. The zero-order valence-corrected chi connectivity index (χ0v) is 42.7. The summed E-state index contributed by atoms with van der Waals surface area (Å²) < 4.78 is 41.8. The summed E-state index contributed by atoms with van der Waals surface area (Å²) in [6.07, 6.45) is 7.96. The first-order valence-electron chi connectivity index (χ1n) is 25.6. The van der Waals surface area contributed by atoms with Crippen molar-refractivity contribution in [3.8, 4) is 39.5 Å². The van der Waals surface area contributed by atoms with Crippen molar-refractivity contribution in [2.45, 2.75) is 128 Å². The first-order valence-corrected chi connectivity index (χ1v) is 26.4. The Kier molecular flexibility index (Phi) is 13.0. The summed E-state index contributed by atoms with van der Waals surface area (Å²) in [4.78, 5) is 75.5. The number of alkyl carbamates (subject to hydrolysis) is 2. The van der Waals surface area contributed by atoms with Gasteiger partial charge in [0.1, 0.15) is 35.3 Å². The maximum absolute atomic E-state index is 17.1. The summed E-state index contributed by atoms with van der Waals surface area (Å²) in [6, 6.07) is 13.6. The van der Waals surface area contributed by atoms with Crippen LogP contribution in [0, 0.1) is 17.7 Å². The summed E-state index contributed by atoms with van der Waals surface area (Å²) in [6.45, 7) is 8.79. The molecular formula is C54H62FN9O8S. The molecule has 4 amide bonds. The number of nitrogens with one attached hydrogen (secondary N) is 4. The molecule has 11 rings (SSSR count). The van der Waals surface area contributed by atoms with E-state index in [0.717, 1.165) is 59.1 Å². The zero-order valence-electron chi connectivity index (χ0n) is 41.9. The summed E-state index contributed by atoms with van der Waals surface area (Å²) >= 11 is 1.73. The number of ether oxygens (including phenoxy) is 4. The van der Waals surface area contributed by atoms with Crippen molar-refractivity contribution >= 4 is 46.2 Å². The van der Waals surface area contributed by atoms with E-state index < -0.39 is 36.3 Å². The van der Waals surface area contributed by atoms with Crippen LogP contribution < -0.4 is 15.4 Å². The zero-order chi connectivity index (χ0) is 50.8. The largest absolute Gasteiger partial charge is 0.464 e. The van der Waals surface area contributed by atoms with Gasteiger partial charge in [-0.05, 0) is 125 Å². The van der Waals surface area contributed by atoms with E-state index in [0.29, 0.717) is 78.2 Å². The Morgan fingerprint density at radius 3 is 2.05 bits per heavy atom. The van der Waals surface area contributed by atoms with Crippen LogP contribution in [-0.2, 0) is 23.8 Å². The summed E-state index contributed by atoms with van der Waals surface area (Å²) in [5, 5.41) is 6.45. The summed E-state index contributed by atoms with van der Waals surface area (Å²) in [5.74, 6) is 1.07. The van der Waals surface area contributed by atoms with Crippen LogP contribution in [0.2, 0.25) is 0 Å². The predicted octanol–water partition coefficient (Wildman–Crippen LogP) is 9.74. The predicted molar refractivity (Wildman–Crippen MR) is 271 cm³/mol. The number of hydrogen-bond acceptors (Lipinski definition) is 11. The second-order valence-electron chi connectivity index (χ2n) is 20.7. The van der Waals surface area contributed by atoms with Crippen LogP contribution in [0.5, 0.6) is 5.75 Å². The smallest absolute Gasteiger partial charge is 0.407 e. The van der Waals surface area contributed by atoms with Gasteiger partial charge in [0, 0.05) is 34.5 Å². The molecule has 0 radical (unpaired) electrons. The second kappa shape index (κ2) is 19.6. The number of hydrogen-bond donors (Lipinski definition) is 4. The molecule has 4 aliphatic heterocycles. The van der Waals surface area contributed by atoms with E-state index in [1.54, 1.807) is 33.5 Å². The number of amides is 4. The van der Waals surface area contributed by atoms with E-state index in [1.807, 2.05) is 52.0 Å². The Morgan fingerprint density at radius 2 is 1.41 bits per heavy atom. The third kappa shape index (κ3) is 9.23. The van der Waals surface area contributed by atoms with Crippen molar-refractivity contribution in [3.63, 3.8) is 0 Å². The molecular weight excluding hydrogens is 954 g/mol. The summed E-state index contributed by atoms with van der Waals surface area (Å²) in [5.41, 5.74) is 4.69. The lowest BCUT2D eigenvalue weighted by atomic mass is 9.85. The van der Waals surface area contributed by atoms with Crippen LogP contribution in [0.1, 0.15) is 125 Å². The molecule has 4 fully saturated rings. The third-order valence-electron chi connectivity index (χ3n) is 15.3. The van der Waals surface area contributed by atoms with Crippen LogP contribution in [0.15, 0.2) is 60.9 Å². The lowest BCUT2D eigenvalue weighted by Crippen LogP contribution is -2.54. The Labute approximate surface area is 426 Å². The fourth-order valence-electron chi connectivity index (χ4n) is 11.7. The van der Waals surface area contributed by atoms with Gasteiger partial charge in [0.05, 0.1) is 83.9 Å². The van der Waals surface area contributed by atoms with Gasteiger partial charge in [0.15, 0.2) is 0 Å².